The predicted octanol–water partition coefficient (Wildman–Crippen LogP) is 8.16. The Balaban J connectivity index is 0.000000545. The monoisotopic (exact) mass is 496 g/mol. The van der Waals surface area contributed by atoms with Crippen molar-refractivity contribution in [3.8, 4) is 0 Å². The molecule has 0 amide bonds. The third-order valence-corrected chi connectivity index (χ3v) is 10.1. The number of halogens is 2. The van der Waals surface area contributed by atoms with Gasteiger partial charge in [-0.25, -0.2) is 0 Å². The van der Waals surface area contributed by atoms with E-state index in [-0.39, 0.29) is 0 Å². The molecule has 0 atom stereocenters. The second-order valence-electron chi connectivity index (χ2n) is 7.37. The summed E-state index contributed by atoms with van der Waals surface area (Å²) in [4.78, 5) is 0. The van der Waals surface area contributed by atoms with Gasteiger partial charge in [0.05, 0.1) is 0 Å². The summed E-state index contributed by atoms with van der Waals surface area (Å²) in [6.45, 7) is 0. The van der Waals surface area contributed by atoms with Gasteiger partial charge in [-0.15, -0.1) is 0 Å². The summed E-state index contributed by atoms with van der Waals surface area (Å²) in [7, 11) is 1.63. The maximum absolute atomic E-state index is 3.00. The summed E-state index contributed by atoms with van der Waals surface area (Å²) in [5.41, 5.74) is 3.57. The molecule has 3 aliphatic carbocycles. The van der Waals surface area contributed by atoms with E-state index >= 15 is 0 Å². The van der Waals surface area contributed by atoms with Crippen LogP contribution in [0.1, 0.15) is 96.3 Å². The zero-order chi connectivity index (χ0) is 15.6. The van der Waals surface area contributed by atoms with E-state index in [9.17, 15) is 0 Å². The third-order valence-electron chi connectivity index (χ3n) is 5.99. The van der Waals surface area contributed by atoms with E-state index in [4.69, 9.17) is 0 Å². The maximum atomic E-state index is 3.00. The van der Waals surface area contributed by atoms with Crippen LogP contribution in [0, 0.1) is 0 Å². The second-order valence-corrected chi connectivity index (χ2v) is 15.4. The quantitative estimate of drug-likeness (QED) is 0.272. The zero-order valence-electron chi connectivity index (χ0n) is 13.9. The molecule has 3 fully saturated rings. The second kappa shape index (κ2) is 12.3. The van der Waals surface area contributed by atoms with Crippen LogP contribution in [0.15, 0.2) is 0 Å². The van der Waals surface area contributed by atoms with Gasteiger partial charge >= 0.3 is 39.3 Å². The Kier molecular flexibility index (Phi) is 11.3. The van der Waals surface area contributed by atoms with Crippen molar-refractivity contribution in [1.82, 2.24) is 0 Å². The standard InChI is InChI=1S/C18H33P.2BrH.Ni/c1-4-10-16(11-5-1)19(17-12-6-2-7-13-17)18-14-8-3-9-15-18;;;/h16-18H,1-15H2;2*1H;/q;;;+2/p-2. The molecule has 0 heterocycles. The van der Waals surface area contributed by atoms with Gasteiger partial charge < -0.3 is 0 Å². The molecule has 0 aromatic carbocycles. The molecule has 3 saturated carbocycles. The van der Waals surface area contributed by atoms with Gasteiger partial charge in [-0.05, 0) is 55.5 Å². The van der Waals surface area contributed by atoms with Gasteiger partial charge in [0, 0.05) is 0 Å². The van der Waals surface area contributed by atoms with Crippen LogP contribution in [0.25, 0.3) is 0 Å². The van der Waals surface area contributed by atoms with E-state index in [1.165, 1.54) is 47.1 Å². The van der Waals surface area contributed by atoms with Crippen molar-refractivity contribution in [2.45, 2.75) is 113 Å². The Morgan fingerprint density at radius 1 is 0.500 bits per heavy atom. The molecule has 22 heavy (non-hydrogen) atoms. The van der Waals surface area contributed by atoms with Crippen molar-refractivity contribution >= 4 is 36.4 Å². The summed E-state index contributed by atoms with van der Waals surface area (Å²) < 4.78 is 0. The molecule has 0 unspecified atom stereocenters. The average Bonchev–Trinajstić information content (AvgIpc) is 2.59. The number of hydrogen-bond acceptors (Lipinski definition) is 0. The minimum absolute atomic E-state index is 0.385. The first kappa shape index (κ1) is 20.2. The van der Waals surface area contributed by atoms with Gasteiger partial charge in [0.2, 0.25) is 0 Å². The molecule has 0 aliphatic heterocycles. The molecule has 0 nitrogen and oxygen atoms in total. The first-order valence-electron chi connectivity index (χ1n) is 9.46. The predicted molar refractivity (Wildman–Crippen MR) is 105 cm³/mol. The van der Waals surface area contributed by atoms with Crippen LogP contribution in [0.5, 0.6) is 0 Å². The molecular weight excluding hydrogens is 466 g/mol. The van der Waals surface area contributed by atoms with E-state index in [2.05, 4.69) is 28.5 Å². The first-order chi connectivity index (χ1) is 10.9. The fourth-order valence-electron chi connectivity index (χ4n) is 5.03. The van der Waals surface area contributed by atoms with Crippen LogP contribution in [0.4, 0.5) is 0 Å². The van der Waals surface area contributed by atoms with Crippen molar-refractivity contribution in [3.05, 3.63) is 0 Å². The van der Waals surface area contributed by atoms with Gasteiger partial charge in [0.15, 0.2) is 0 Å². The van der Waals surface area contributed by atoms with Gasteiger partial charge in [-0.3, -0.25) is 0 Å². The van der Waals surface area contributed by atoms with E-state index in [1.807, 2.05) is 0 Å². The topological polar surface area (TPSA) is 0 Å². The normalized spacial score (nSPS) is 26.0. The molecule has 0 aromatic heterocycles. The summed E-state index contributed by atoms with van der Waals surface area (Å²) in [5, 5.41) is 0. The molecule has 0 bridgehead atoms. The zero-order valence-corrected chi connectivity index (χ0v) is 18.9. The van der Waals surface area contributed by atoms with Crippen LogP contribution < -0.4 is 0 Å². The van der Waals surface area contributed by atoms with Crippen LogP contribution >= 0.6 is 36.4 Å². The average molecular weight is 499 g/mol. The van der Waals surface area contributed by atoms with E-state index in [0.717, 1.165) is 0 Å². The van der Waals surface area contributed by atoms with Crippen molar-refractivity contribution in [1.29, 1.82) is 0 Å². The number of hydrogen-bond donors (Lipinski definition) is 0. The van der Waals surface area contributed by atoms with E-state index in [1.54, 1.807) is 77.0 Å². The van der Waals surface area contributed by atoms with Crippen LogP contribution in [0.3, 0.4) is 0 Å². The van der Waals surface area contributed by atoms with Gasteiger partial charge in [0.1, 0.15) is 0 Å². The molecule has 0 spiro atoms. The molecular formula is C18H33Br2NiP. The van der Waals surface area contributed by atoms with Crippen LogP contribution in [0.2, 0.25) is 0 Å². The van der Waals surface area contributed by atoms with Crippen molar-refractivity contribution in [3.63, 3.8) is 0 Å². The Morgan fingerprint density at radius 2 is 0.727 bits per heavy atom. The van der Waals surface area contributed by atoms with E-state index in [0.29, 0.717) is 7.92 Å². The van der Waals surface area contributed by atoms with Crippen LogP contribution in [-0.2, 0) is 10.9 Å². The molecule has 3 aliphatic rings. The Labute approximate surface area is 159 Å². The number of rotatable bonds is 3. The Hall–Kier alpha value is 1.88. The van der Waals surface area contributed by atoms with Gasteiger partial charge in [-0.1, -0.05) is 65.7 Å². The summed E-state index contributed by atoms with van der Waals surface area (Å²) >= 11 is 6.00. The summed E-state index contributed by atoms with van der Waals surface area (Å²) in [6.07, 6.45) is 23.6. The Bertz CT molecular complexity index is 229. The van der Waals surface area contributed by atoms with Crippen molar-refractivity contribution < 1.29 is 10.9 Å². The van der Waals surface area contributed by atoms with E-state index < -0.39 is 0 Å². The summed E-state index contributed by atoms with van der Waals surface area (Å²) in [6, 6.07) is 0. The van der Waals surface area contributed by atoms with Gasteiger partial charge in [0.25, 0.3) is 0 Å². The third kappa shape index (κ3) is 6.65. The molecule has 0 saturated heterocycles. The minimum atomic E-state index is 0.385. The fourth-order valence-corrected chi connectivity index (χ4v) is 9.71. The van der Waals surface area contributed by atoms with Crippen molar-refractivity contribution in [2.75, 3.05) is 0 Å². The fraction of sp³-hybridized carbons (Fsp3) is 1.00. The van der Waals surface area contributed by atoms with Crippen molar-refractivity contribution in [2.24, 2.45) is 0 Å². The molecule has 4 heteroatoms. The van der Waals surface area contributed by atoms with Gasteiger partial charge in [-0.2, -0.15) is 0 Å². The SMILES string of the molecule is C1CCC(P(C2CCCCC2)C2CCCCC2)CC1.[Br][Ni][Br]. The molecule has 0 aromatic rings. The molecule has 134 valence electrons. The molecule has 3 rings (SSSR count). The Morgan fingerprint density at radius 3 is 0.955 bits per heavy atom. The first-order valence-corrected chi connectivity index (χ1v) is 15.9. The molecule has 0 N–H and O–H groups in total. The molecule has 0 radical (unpaired) electrons. The summed E-state index contributed by atoms with van der Waals surface area (Å²) in [5.74, 6) is 0. The van der Waals surface area contributed by atoms with Crippen LogP contribution in [-0.4, -0.2) is 17.0 Å².